The highest BCUT2D eigenvalue weighted by Gasteiger charge is 2.51. The Morgan fingerprint density at radius 1 is 1.21 bits per heavy atom. The van der Waals surface area contributed by atoms with E-state index in [9.17, 15) is 29.7 Å². The van der Waals surface area contributed by atoms with Crippen LogP contribution in [0.25, 0.3) is 0 Å². The first-order valence-corrected chi connectivity index (χ1v) is 9.67. The zero-order chi connectivity index (χ0) is 20.5. The van der Waals surface area contributed by atoms with Gasteiger partial charge in [0.1, 0.15) is 22.8 Å². The average molecular weight is 493 g/mol. The zero-order valence-electron chi connectivity index (χ0n) is 14.5. The van der Waals surface area contributed by atoms with E-state index in [-0.39, 0.29) is 22.5 Å². The molecule has 0 aromatic heterocycles. The Balaban J connectivity index is 1.91. The summed E-state index contributed by atoms with van der Waals surface area (Å²) < 4.78 is 0.816. The molecule has 0 saturated carbocycles. The van der Waals surface area contributed by atoms with Gasteiger partial charge in [-0.25, -0.2) is 0 Å². The number of primary amides is 1. The first-order valence-electron chi connectivity index (χ1n) is 8.59. The SMILES string of the molecule is C=C1C(O)=C(C(N)=O)C(=O)C2C(O)=C3C(=O)c4c(O)ccc(I)c4CC3CC12. The Labute approximate surface area is 173 Å². The van der Waals surface area contributed by atoms with E-state index in [0.29, 0.717) is 18.4 Å². The van der Waals surface area contributed by atoms with Crippen molar-refractivity contribution in [1.82, 2.24) is 0 Å². The number of carbonyl (C=O) groups excluding carboxylic acids is 3. The van der Waals surface area contributed by atoms with Gasteiger partial charge >= 0.3 is 0 Å². The molecule has 4 rings (SSSR count). The molecule has 3 aliphatic carbocycles. The molecular weight excluding hydrogens is 477 g/mol. The number of phenols is 1. The van der Waals surface area contributed by atoms with Gasteiger partial charge in [0.15, 0.2) is 11.6 Å². The Morgan fingerprint density at radius 2 is 1.89 bits per heavy atom. The number of allylic oxidation sites excluding steroid dienone is 3. The third kappa shape index (κ3) is 2.36. The van der Waals surface area contributed by atoms with Gasteiger partial charge in [0.25, 0.3) is 5.91 Å². The lowest BCUT2D eigenvalue weighted by atomic mass is 9.61. The van der Waals surface area contributed by atoms with E-state index >= 15 is 0 Å². The standard InChI is InChI=1S/C20H16INO6/c1-6-8-4-7-5-9-10(21)2-3-11(23)13(9)17(25)12(7)18(26)14(8)19(27)15(16(6)24)20(22)28/h2-3,7-8,14,23-24,26H,1,4-5H2,(H2,22,28). The van der Waals surface area contributed by atoms with Crippen molar-refractivity contribution >= 4 is 40.1 Å². The van der Waals surface area contributed by atoms with Gasteiger partial charge in [-0.05, 0) is 64.6 Å². The summed E-state index contributed by atoms with van der Waals surface area (Å²) in [4.78, 5) is 37.5. The summed E-state index contributed by atoms with van der Waals surface area (Å²) in [6, 6.07) is 3.13. The summed E-state index contributed by atoms with van der Waals surface area (Å²) in [5, 5.41) is 31.3. The van der Waals surface area contributed by atoms with E-state index in [1.54, 1.807) is 6.07 Å². The third-order valence-corrected chi connectivity index (χ3v) is 6.85. The number of benzene rings is 1. The largest absolute Gasteiger partial charge is 0.511 e. The highest BCUT2D eigenvalue weighted by Crippen LogP contribution is 2.51. The van der Waals surface area contributed by atoms with Crippen LogP contribution in [0.15, 0.2) is 46.9 Å². The fraction of sp³-hybridized carbons (Fsp3) is 0.250. The first-order chi connectivity index (χ1) is 13.1. The van der Waals surface area contributed by atoms with Gasteiger partial charge in [-0.1, -0.05) is 6.58 Å². The molecule has 7 nitrogen and oxygen atoms in total. The van der Waals surface area contributed by atoms with Crippen LogP contribution in [-0.4, -0.2) is 32.8 Å². The number of ketones is 2. The molecule has 5 N–H and O–H groups in total. The van der Waals surface area contributed by atoms with Gasteiger partial charge in [0, 0.05) is 15.1 Å². The Morgan fingerprint density at radius 3 is 2.54 bits per heavy atom. The number of hydrogen-bond acceptors (Lipinski definition) is 6. The number of carbonyl (C=O) groups is 3. The number of aliphatic hydroxyl groups excluding tert-OH is 2. The molecule has 8 heteroatoms. The van der Waals surface area contributed by atoms with Gasteiger partial charge in [0.2, 0.25) is 0 Å². The molecule has 3 aliphatic rings. The van der Waals surface area contributed by atoms with E-state index in [4.69, 9.17) is 5.73 Å². The molecule has 1 amide bonds. The second-order valence-electron chi connectivity index (χ2n) is 7.25. The quantitative estimate of drug-likeness (QED) is 0.350. The molecule has 1 aromatic carbocycles. The number of hydrogen-bond donors (Lipinski definition) is 4. The molecular formula is C20H16INO6. The molecule has 0 bridgehead atoms. The molecule has 0 fully saturated rings. The number of rotatable bonds is 1. The number of Topliss-reactive ketones (excluding diaryl/α,β-unsaturated/α-hetero) is 2. The molecule has 3 atom stereocenters. The Hall–Kier alpha value is -2.62. The number of phenolic OH excluding ortho intramolecular Hbond substituents is 1. The van der Waals surface area contributed by atoms with Crippen LogP contribution in [0, 0.1) is 21.3 Å². The number of halogens is 1. The van der Waals surface area contributed by atoms with Crippen molar-refractivity contribution in [3.05, 3.63) is 61.6 Å². The van der Waals surface area contributed by atoms with Crippen molar-refractivity contribution in [2.75, 3.05) is 0 Å². The van der Waals surface area contributed by atoms with Crippen molar-refractivity contribution in [3.8, 4) is 5.75 Å². The third-order valence-electron chi connectivity index (χ3n) is 5.84. The summed E-state index contributed by atoms with van der Waals surface area (Å²) >= 11 is 2.08. The molecule has 0 spiro atoms. The van der Waals surface area contributed by atoms with Crippen LogP contribution in [0.2, 0.25) is 0 Å². The monoisotopic (exact) mass is 493 g/mol. The number of aliphatic hydroxyl groups is 2. The van der Waals surface area contributed by atoms with E-state index in [1.165, 1.54) is 6.07 Å². The van der Waals surface area contributed by atoms with E-state index in [2.05, 4.69) is 29.2 Å². The lowest BCUT2D eigenvalue weighted by Crippen LogP contribution is -2.44. The van der Waals surface area contributed by atoms with Gasteiger partial charge in [-0.2, -0.15) is 0 Å². The average Bonchev–Trinajstić information content (AvgIpc) is 2.62. The lowest BCUT2D eigenvalue weighted by molar-refractivity contribution is -0.125. The highest BCUT2D eigenvalue weighted by molar-refractivity contribution is 14.1. The van der Waals surface area contributed by atoms with Crippen LogP contribution in [0.4, 0.5) is 0 Å². The molecule has 0 heterocycles. The normalized spacial score (nSPS) is 26.8. The maximum absolute atomic E-state index is 13.1. The summed E-state index contributed by atoms with van der Waals surface area (Å²) in [7, 11) is 0. The first kappa shape index (κ1) is 18.7. The highest BCUT2D eigenvalue weighted by atomic mass is 127. The molecule has 144 valence electrons. The molecule has 28 heavy (non-hydrogen) atoms. The van der Waals surface area contributed by atoms with E-state index in [0.717, 1.165) is 3.57 Å². The van der Waals surface area contributed by atoms with Gasteiger partial charge in [-0.3, -0.25) is 14.4 Å². The van der Waals surface area contributed by atoms with Crippen molar-refractivity contribution in [2.24, 2.45) is 23.5 Å². The Bertz CT molecular complexity index is 1070. The van der Waals surface area contributed by atoms with Crippen LogP contribution in [0.5, 0.6) is 5.75 Å². The molecule has 1 aromatic rings. The topological polar surface area (TPSA) is 138 Å². The second kappa shape index (κ2) is 6.20. The number of nitrogens with two attached hydrogens (primary N) is 1. The second-order valence-corrected chi connectivity index (χ2v) is 8.41. The van der Waals surface area contributed by atoms with Crippen LogP contribution in [0.3, 0.4) is 0 Å². The van der Waals surface area contributed by atoms with E-state index < -0.39 is 52.3 Å². The number of aromatic hydroxyl groups is 1. The lowest BCUT2D eigenvalue weighted by Gasteiger charge is -2.41. The van der Waals surface area contributed by atoms with Crippen molar-refractivity contribution in [3.63, 3.8) is 0 Å². The maximum Gasteiger partial charge on any atom is 0.256 e. The predicted molar refractivity (Wildman–Crippen MR) is 107 cm³/mol. The summed E-state index contributed by atoms with van der Waals surface area (Å²) in [5.41, 5.74) is 5.63. The van der Waals surface area contributed by atoms with Crippen LogP contribution >= 0.6 is 22.6 Å². The fourth-order valence-corrected chi connectivity index (χ4v) is 5.23. The van der Waals surface area contributed by atoms with Crippen molar-refractivity contribution in [1.29, 1.82) is 0 Å². The summed E-state index contributed by atoms with van der Waals surface area (Å²) in [6.07, 6.45) is 0.687. The molecule has 0 saturated heterocycles. The minimum absolute atomic E-state index is 0.0670. The summed E-state index contributed by atoms with van der Waals surface area (Å²) in [5.74, 6) is -5.89. The zero-order valence-corrected chi connectivity index (χ0v) is 16.7. The van der Waals surface area contributed by atoms with Gasteiger partial charge in [0.05, 0.1) is 11.5 Å². The van der Waals surface area contributed by atoms with Gasteiger partial charge in [-0.15, -0.1) is 0 Å². The molecule has 3 unspecified atom stereocenters. The fourth-order valence-electron chi connectivity index (χ4n) is 4.56. The van der Waals surface area contributed by atoms with E-state index in [1.807, 2.05) is 0 Å². The van der Waals surface area contributed by atoms with Crippen LogP contribution in [-0.2, 0) is 16.0 Å². The van der Waals surface area contributed by atoms with Gasteiger partial charge < -0.3 is 21.1 Å². The number of amides is 1. The van der Waals surface area contributed by atoms with Crippen LogP contribution < -0.4 is 5.73 Å². The summed E-state index contributed by atoms with van der Waals surface area (Å²) in [6.45, 7) is 3.79. The minimum atomic E-state index is -1.20. The predicted octanol–water partition coefficient (Wildman–Crippen LogP) is 2.24. The maximum atomic E-state index is 13.1. The van der Waals surface area contributed by atoms with Crippen molar-refractivity contribution < 1.29 is 29.7 Å². The molecule has 0 radical (unpaired) electrons. The van der Waals surface area contributed by atoms with Crippen LogP contribution in [0.1, 0.15) is 22.3 Å². The van der Waals surface area contributed by atoms with Crippen molar-refractivity contribution in [2.45, 2.75) is 12.8 Å². The smallest absolute Gasteiger partial charge is 0.256 e. The minimum Gasteiger partial charge on any atom is -0.511 e. The Kier molecular flexibility index (Phi) is 4.14. The molecule has 0 aliphatic heterocycles. The number of fused-ring (bicyclic) bond motifs is 3.